The summed E-state index contributed by atoms with van der Waals surface area (Å²) >= 11 is 1.29. The van der Waals surface area contributed by atoms with Crippen LogP contribution >= 0.6 is 11.3 Å². The highest BCUT2D eigenvalue weighted by atomic mass is 32.1. The van der Waals surface area contributed by atoms with Crippen molar-refractivity contribution < 1.29 is 28.6 Å². The van der Waals surface area contributed by atoms with Crippen molar-refractivity contribution in [2.45, 2.75) is 19.3 Å². The van der Waals surface area contributed by atoms with Gasteiger partial charge in [0.05, 0.1) is 33.1 Å². The average Bonchev–Trinajstić information content (AvgIpc) is 3.33. The second-order valence-electron chi connectivity index (χ2n) is 6.31. The first-order chi connectivity index (χ1) is 14.5. The molecule has 2 amide bonds. The van der Waals surface area contributed by atoms with E-state index in [0.29, 0.717) is 27.6 Å². The fourth-order valence-electron chi connectivity index (χ4n) is 3.12. The Hall–Kier alpha value is -3.40. The van der Waals surface area contributed by atoms with Crippen molar-refractivity contribution in [3.05, 3.63) is 39.8 Å². The van der Waals surface area contributed by atoms with Crippen molar-refractivity contribution in [1.82, 2.24) is 5.43 Å². The van der Waals surface area contributed by atoms with Gasteiger partial charge in [-0.2, -0.15) is 5.10 Å². The van der Waals surface area contributed by atoms with Gasteiger partial charge in [0, 0.05) is 10.4 Å². The summed E-state index contributed by atoms with van der Waals surface area (Å²) in [6.07, 6.45) is 3.86. The normalized spacial score (nSPS) is 12.4. The predicted molar refractivity (Wildman–Crippen MR) is 112 cm³/mol. The van der Waals surface area contributed by atoms with Crippen molar-refractivity contribution in [3.8, 4) is 11.5 Å². The summed E-state index contributed by atoms with van der Waals surface area (Å²) in [6, 6.07) is 5.09. The van der Waals surface area contributed by atoms with E-state index in [-0.39, 0.29) is 0 Å². The first-order valence-electron chi connectivity index (χ1n) is 9.07. The maximum atomic E-state index is 12.3. The van der Waals surface area contributed by atoms with Crippen molar-refractivity contribution in [3.63, 3.8) is 0 Å². The zero-order valence-electron chi connectivity index (χ0n) is 16.7. The molecule has 0 unspecified atom stereocenters. The molecule has 0 radical (unpaired) electrons. The number of rotatable bonds is 6. The van der Waals surface area contributed by atoms with Crippen LogP contribution in [0.25, 0.3) is 0 Å². The number of nitrogens with zero attached hydrogens (tertiary/aromatic N) is 1. The fraction of sp³-hybridized carbons (Fsp3) is 0.300. The number of nitrogens with one attached hydrogen (secondary N) is 2. The molecule has 158 valence electrons. The van der Waals surface area contributed by atoms with Gasteiger partial charge in [0.1, 0.15) is 16.5 Å². The molecule has 9 nitrogen and oxygen atoms in total. The minimum Gasteiger partial charge on any atom is -0.497 e. The minimum atomic E-state index is -0.975. The molecule has 1 aliphatic rings. The molecule has 0 fully saturated rings. The monoisotopic (exact) mass is 431 g/mol. The quantitative estimate of drug-likeness (QED) is 0.313. The molecule has 10 heteroatoms. The van der Waals surface area contributed by atoms with Gasteiger partial charge in [0.15, 0.2) is 0 Å². The highest BCUT2D eigenvalue weighted by molar-refractivity contribution is 7.17. The van der Waals surface area contributed by atoms with Crippen LogP contribution in [-0.2, 0) is 27.2 Å². The molecule has 3 rings (SSSR count). The van der Waals surface area contributed by atoms with E-state index in [9.17, 15) is 14.4 Å². The lowest BCUT2D eigenvalue weighted by Crippen LogP contribution is -2.32. The maximum absolute atomic E-state index is 12.3. The highest BCUT2D eigenvalue weighted by Crippen LogP contribution is 2.39. The summed E-state index contributed by atoms with van der Waals surface area (Å²) < 4.78 is 15.2. The number of carbonyl (C=O) groups excluding carboxylic acids is 3. The number of hydrazone groups is 1. The molecule has 0 atom stereocenters. The van der Waals surface area contributed by atoms with Gasteiger partial charge in [-0.1, -0.05) is 0 Å². The third-order valence-electron chi connectivity index (χ3n) is 4.55. The molecule has 0 saturated heterocycles. The number of thiophene rings is 1. The fourth-order valence-corrected chi connectivity index (χ4v) is 4.39. The average molecular weight is 431 g/mol. The van der Waals surface area contributed by atoms with Gasteiger partial charge in [0.25, 0.3) is 0 Å². The molecular formula is C20H21N3O6S. The van der Waals surface area contributed by atoms with Crippen LogP contribution < -0.4 is 20.2 Å². The Kier molecular flexibility index (Phi) is 6.68. The molecule has 0 spiro atoms. The number of hydrogen-bond donors (Lipinski definition) is 2. The minimum absolute atomic E-state index is 0.310. The number of hydrogen-bond acceptors (Lipinski definition) is 8. The van der Waals surface area contributed by atoms with Crippen LogP contribution in [-0.4, -0.2) is 45.3 Å². The summed E-state index contributed by atoms with van der Waals surface area (Å²) in [4.78, 5) is 37.6. The molecule has 0 bridgehead atoms. The van der Waals surface area contributed by atoms with Gasteiger partial charge in [0.2, 0.25) is 0 Å². The van der Waals surface area contributed by atoms with E-state index in [1.165, 1.54) is 38.9 Å². The van der Waals surface area contributed by atoms with E-state index in [1.807, 2.05) is 0 Å². The Labute approximate surface area is 177 Å². The number of amides is 2. The summed E-state index contributed by atoms with van der Waals surface area (Å²) in [7, 11) is 4.31. The van der Waals surface area contributed by atoms with Crippen LogP contribution in [0.15, 0.2) is 23.3 Å². The first kappa shape index (κ1) is 21.3. The SMILES string of the molecule is COC(=O)c1c(NC(=O)C(=O)NN=Cc2cc(OC)ccc2OC)sc2c1CCC2. The van der Waals surface area contributed by atoms with E-state index in [0.717, 1.165) is 29.7 Å². The molecule has 1 aromatic heterocycles. The standard InChI is InChI=1S/C20H21N3O6S/c1-27-12-7-8-14(28-2)11(9-12)10-21-23-18(25)17(24)22-19-16(20(26)29-3)13-5-4-6-15(13)30-19/h7-10H,4-6H2,1-3H3,(H,22,24)(H,23,25). The Bertz CT molecular complexity index is 1010. The van der Waals surface area contributed by atoms with E-state index in [1.54, 1.807) is 18.2 Å². The number of methoxy groups -OCH3 is 3. The predicted octanol–water partition coefficient (Wildman–Crippen LogP) is 2.13. The number of ether oxygens (including phenoxy) is 3. The van der Waals surface area contributed by atoms with E-state index >= 15 is 0 Å². The summed E-state index contributed by atoms with van der Waals surface area (Å²) in [5, 5.41) is 6.61. The van der Waals surface area contributed by atoms with Crippen LogP contribution in [0, 0.1) is 0 Å². The van der Waals surface area contributed by atoms with Crippen LogP contribution in [0.2, 0.25) is 0 Å². The summed E-state index contributed by atoms with van der Waals surface area (Å²) in [6.45, 7) is 0. The van der Waals surface area contributed by atoms with Gasteiger partial charge in [-0.25, -0.2) is 10.2 Å². The molecular weight excluding hydrogens is 410 g/mol. The molecule has 2 aromatic rings. The van der Waals surface area contributed by atoms with E-state index < -0.39 is 17.8 Å². The van der Waals surface area contributed by atoms with Crippen LogP contribution in [0.3, 0.4) is 0 Å². The van der Waals surface area contributed by atoms with Crippen LogP contribution in [0.4, 0.5) is 5.00 Å². The van der Waals surface area contributed by atoms with E-state index in [4.69, 9.17) is 14.2 Å². The highest BCUT2D eigenvalue weighted by Gasteiger charge is 2.29. The Morgan fingerprint density at radius 3 is 2.60 bits per heavy atom. The number of anilines is 1. The molecule has 1 aliphatic carbocycles. The molecule has 30 heavy (non-hydrogen) atoms. The molecule has 1 aromatic carbocycles. The van der Waals surface area contributed by atoms with Crippen molar-refractivity contribution >= 4 is 40.3 Å². The lowest BCUT2D eigenvalue weighted by molar-refractivity contribution is -0.136. The molecule has 1 heterocycles. The van der Waals surface area contributed by atoms with Gasteiger partial charge in [-0.15, -0.1) is 11.3 Å². The number of benzene rings is 1. The smallest absolute Gasteiger partial charge is 0.341 e. The van der Waals surface area contributed by atoms with Crippen LogP contribution in [0.5, 0.6) is 11.5 Å². The molecule has 2 N–H and O–H groups in total. The van der Waals surface area contributed by atoms with Gasteiger partial charge in [-0.3, -0.25) is 9.59 Å². The van der Waals surface area contributed by atoms with Gasteiger partial charge >= 0.3 is 17.8 Å². The van der Waals surface area contributed by atoms with E-state index in [2.05, 4.69) is 15.8 Å². The van der Waals surface area contributed by atoms with Gasteiger partial charge in [-0.05, 0) is 43.0 Å². The number of fused-ring (bicyclic) bond motifs is 1. The molecule has 0 saturated carbocycles. The number of carbonyl (C=O) groups is 3. The number of aryl methyl sites for hydroxylation is 1. The third-order valence-corrected chi connectivity index (χ3v) is 5.76. The first-order valence-corrected chi connectivity index (χ1v) is 9.89. The lowest BCUT2D eigenvalue weighted by atomic mass is 10.1. The Balaban J connectivity index is 1.69. The summed E-state index contributed by atoms with van der Waals surface area (Å²) in [5.41, 5.74) is 3.92. The zero-order chi connectivity index (χ0) is 21.7. The Morgan fingerprint density at radius 2 is 1.90 bits per heavy atom. The van der Waals surface area contributed by atoms with Crippen molar-refractivity contribution in [2.24, 2.45) is 5.10 Å². The number of esters is 1. The van der Waals surface area contributed by atoms with Crippen LogP contribution in [0.1, 0.15) is 32.8 Å². The second-order valence-corrected chi connectivity index (χ2v) is 7.42. The van der Waals surface area contributed by atoms with Crippen molar-refractivity contribution in [2.75, 3.05) is 26.6 Å². The maximum Gasteiger partial charge on any atom is 0.341 e. The van der Waals surface area contributed by atoms with Crippen molar-refractivity contribution in [1.29, 1.82) is 0 Å². The largest absolute Gasteiger partial charge is 0.497 e. The Morgan fingerprint density at radius 1 is 1.10 bits per heavy atom. The third kappa shape index (κ3) is 4.43. The molecule has 0 aliphatic heterocycles. The topological polar surface area (TPSA) is 115 Å². The summed E-state index contributed by atoms with van der Waals surface area (Å²) in [5.74, 6) is -1.34. The lowest BCUT2D eigenvalue weighted by Gasteiger charge is -2.07. The van der Waals surface area contributed by atoms with Gasteiger partial charge < -0.3 is 19.5 Å². The second kappa shape index (κ2) is 9.40. The zero-order valence-corrected chi connectivity index (χ0v) is 17.6.